The summed E-state index contributed by atoms with van der Waals surface area (Å²) in [6.45, 7) is 0. The second kappa shape index (κ2) is 8.93. The number of urea groups is 1. The van der Waals surface area contributed by atoms with Crippen molar-refractivity contribution in [2.24, 2.45) is 7.05 Å². The zero-order valence-electron chi connectivity index (χ0n) is 19.1. The monoisotopic (exact) mass is 510 g/mol. The molecular weight excluding hydrogens is 492 g/mol. The van der Waals surface area contributed by atoms with E-state index in [4.69, 9.17) is 5.73 Å². The third kappa shape index (κ3) is 4.66. The molecule has 0 fully saturated rings. The standard InChI is InChI=1S/C24H18F4N8O/c1-35-12-14(9-31-35)18-11-32-36-21(29)17(10-30-22(18)36)13-2-4-15(5-3-13)33-23(37)34-16-6-7-20(25)19(8-16)24(26,27)28/h2-12H,29H2,1H3,(H2,33,34,37). The van der Waals surface area contributed by atoms with Gasteiger partial charge in [-0.05, 0) is 35.9 Å². The molecule has 4 N–H and O–H groups in total. The van der Waals surface area contributed by atoms with Crippen LogP contribution < -0.4 is 16.4 Å². The number of aromatic nitrogens is 5. The van der Waals surface area contributed by atoms with Crippen LogP contribution in [0.5, 0.6) is 0 Å². The van der Waals surface area contributed by atoms with Gasteiger partial charge in [0.25, 0.3) is 0 Å². The van der Waals surface area contributed by atoms with E-state index in [1.807, 2.05) is 13.2 Å². The minimum Gasteiger partial charge on any atom is -0.383 e. The Morgan fingerprint density at radius 3 is 2.30 bits per heavy atom. The normalized spacial score (nSPS) is 11.6. The van der Waals surface area contributed by atoms with Gasteiger partial charge in [0.05, 0.1) is 18.0 Å². The first kappa shape index (κ1) is 23.8. The number of hydrogen-bond acceptors (Lipinski definition) is 5. The second-order valence-corrected chi connectivity index (χ2v) is 8.10. The highest BCUT2D eigenvalue weighted by atomic mass is 19.4. The maximum atomic E-state index is 13.5. The Bertz CT molecular complexity index is 1620. The largest absolute Gasteiger partial charge is 0.419 e. The molecule has 188 valence electrons. The molecule has 0 aliphatic rings. The maximum Gasteiger partial charge on any atom is 0.419 e. The van der Waals surface area contributed by atoms with Gasteiger partial charge in [-0.3, -0.25) is 4.68 Å². The van der Waals surface area contributed by atoms with E-state index >= 15 is 0 Å². The summed E-state index contributed by atoms with van der Waals surface area (Å²) in [7, 11) is 1.81. The smallest absolute Gasteiger partial charge is 0.383 e. The van der Waals surface area contributed by atoms with Gasteiger partial charge in [0.15, 0.2) is 5.65 Å². The van der Waals surface area contributed by atoms with E-state index in [2.05, 4.69) is 25.8 Å². The highest BCUT2D eigenvalue weighted by molar-refractivity contribution is 6.00. The van der Waals surface area contributed by atoms with Crippen LogP contribution in [0, 0.1) is 5.82 Å². The number of nitrogen functional groups attached to an aromatic ring is 1. The van der Waals surface area contributed by atoms with Crippen LogP contribution in [0.15, 0.2) is 67.3 Å². The molecule has 0 bridgehead atoms. The number of alkyl halides is 3. The lowest BCUT2D eigenvalue weighted by Gasteiger charge is -2.12. The molecule has 0 saturated heterocycles. The molecule has 5 aromatic rings. The van der Waals surface area contributed by atoms with Crippen molar-refractivity contribution in [1.82, 2.24) is 24.4 Å². The molecule has 5 rings (SSSR count). The van der Waals surface area contributed by atoms with Crippen molar-refractivity contribution in [3.63, 3.8) is 0 Å². The molecule has 3 heterocycles. The van der Waals surface area contributed by atoms with E-state index in [1.54, 1.807) is 47.5 Å². The molecule has 0 aliphatic heterocycles. The number of anilines is 3. The number of halogens is 4. The summed E-state index contributed by atoms with van der Waals surface area (Å²) in [5, 5.41) is 13.3. The van der Waals surface area contributed by atoms with Crippen LogP contribution in [0.1, 0.15) is 5.56 Å². The molecule has 3 aromatic heterocycles. The number of hydrogen-bond donors (Lipinski definition) is 3. The van der Waals surface area contributed by atoms with Gasteiger partial charge in [-0.1, -0.05) is 12.1 Å². The molecule has 2 amide bonds. The highest BCUT2D eigenvalue weighted by Gasteiger charge is 2.34. The zero-order valence-corrected chi connectivity index (χ0v) is 19.1. The Morgan fingerprint density at radius 1 is 0.919 bits per heavy atom. The fourth-order valence-corrected chi connectivity index (χ4v) is 3.78. The number of carbonyl (C=O) groups excluding carboxylic acids is 1. The van der Waals surface area contributed by atoms with Crippen LogP contribution in [0.4, 0.5) is 39.5 Å². The molecule has 2 aromatic carbocycles. The molecule has 0 radical (unpaired) electrons. The van der Waals surface area contributed by atoms with Gasteiger partial charge in [-0.25, -0.2) is 14.2 Å². The van der Waals surface area contributed by atoms with Crippen molar-refractivity contribution < 1.29 is 22.4 Å². The molecule has 9 nitrogen and oxygen atoms in total. The quantitative estimate of drug-likeness (QED) is 0.288. The maximum absolute atomic E-state index is 13.5. The molecule has 0 spiro atoms. The summed E-state index contributed by atoms with van der Waals surface area (Å²) in [4.78, 5) is 16.8. The van der Waals surface area contributed by atoms with E-state index in [0.29, 0.717) is 40.4 Å². The topological polar surface area (TPSA) is 115 Å². The Balaban J connectivity index is 1.32. The summed E-state index contributed by atoms with van der Waals surface area (Å²) in [6, 6.07) is 7.98. The number of nitrogens with one attached hydrogen (secondary N) is 2. The lowest BCUT2D eigenvalue weighted by molar-refractivity contribution is -0.139. The molecule has 0 unspecified atom stereocenters. The average molecular weight is 510 g/mol. The Labute approximate surface area is 206 Å². The second-order valence-electron chi connectivity index (χ2n) is 8.10. The van der Waals surface area contributed by atoms with Crippen LogP contribution >= 0.6 is 0 Å². The predicted octanol–water partition coefficient (Wildman–Crippen LogP) is 5.18. The first-order valence-corrected chi connectivity index (χ1v) is 10.8. The molecule has 0 atom stereocenters. The van der Waals surface area contributed by atoms with Crippen LogP contribution in [0.3, 0.4) is 0 Å². The molecule has 37 heavy (non-hydrogen) atoms. The number of rotatable bonds is 4. The van der Waals surface area contributed by atoms with Crippen LogP contribution in [-0.4, -0.2) is 30.4 Å². The summed E-state index contributed by atoms with van der Waals surface area (Å²) in [6.07, 6.45) is 1.94. The average Bonchev–Trinajstić information content (AvgIpc) is 3.47. The van der Waals surface area contributed by atoms with Gasteiger partial charge in [-0.2, -0.15) is 27.9 Å². The first-order valence-electron chi connectivity index (χ1n) is 10.8. The minimum atomic E-state index is -4.88. The van der Waals surface area contributed by atoms with Crippen molar-refractivity contribution in [2.45, 2.75) is 6.18 Å². The van der Waals surface area contributed by atoms with Crippen molar-refractivity contribution in [2.75, 3.05) is 16.4 Å². The Morgan fingerprint density at radius 2 is 1.62 bits per heavy atom. The Kier molecular flexibility index (Phi) is 5.74. The van der Waals surface area contributed by atoms with E-state index < -0.39 is 23.6 Å². The summed E-state index contributed by atoms with van der Waals surface area (Å²) in [5.74, 6) is -1.07. The fraction of sp³-hybridized carbons (Fsp3) is 0.0833. The van der Waals surface area contributed by atoms with E-state index in [9.17, 15) is 22.4 Å². The number of amides is 2. The predicted molar refractivity (Wildman–Crippen MR) is 129 cm³/mol. The van der Waals surface area contributed by atoms with Gasteiger partial charge in [-0.15, -0.1) is 0 Å². The third-order valence-electron chi connectivity index (χ3n) is 5.56. The number of aryl methyl sites for hydroxylation is 1. The van der Waals surface area contributed by atoms with Gasteiger partial charge in [0.1, 0.15) is 11.6 Å². The van der Waals surface area contributed by atoms with Crippen LogP contribution in [0.25, 0.3) is 27.9 Å². The molecule has 0 aliphatic carbocycles. The number of carbonyl (C=O) groups is 1. The SMILES string of the molecule is Cn1cc(-c2cnn3c(N)c(-c4ccc(NC(=O)Nc5ccc(F)c(C(F)(F)F)c5)cc4)cnc23)cn1. The van der Waals surface area contributed by atoms with E-state index in [1.165, 1.54) is 4.52 Å². The number of fused-ring (bicyclic) bond motifs is 1. The number of nitrogens with zero attached hydrogens (tertiary/aromatic N) is 5. The van der Waals surface area contributed by atoms with E-state index in [0.717, 1.165) is 17.2 Å². The van der Waals surface area contributed by atoms with Crippen molar-refractivity contribution in [3.8, 4) is 22.3 Å². The minimum absolute atomic E-state index is 0.208. The van der Waals surface area contributed by atoms with Crippen molar-refractivity contribution >= 4 is 28.9 Å². The van der Waals surface area contributed by atoms with Crippen LogP contribution in [-0.2, 0) is 13.2 Å². The van der Waals surface area contributed by atoms with Gasteiger partial charge >= 0.3 is 12.2 Å². The Hall–Kier alpha value is -4.94. The first-order chi connectivity index (χ1) is 17.6. The molecular formula is C24H18F4N8O. The van der Waals surface area contributed by atoms with Crippen LogP contribution in [0.2, 0.25) is 0 Å². The molecule has 13 heteroatoms. The van der Waals surface area contributed by atoms with Gasteiger partial charge < -0.3 is 16.4 Å². The summed E-state index contributed by atoms with van der Waals surface area (Å²) in [5.41, 5.74) is 8.55. The molecule has 0 saturated carbocycles. The summed E-state index contributed by atoms with van der Waals surface area (Å²) >= 11 is 0. The fourth-order valence-electron chi connectivity index (χ4n) is 3.78. The lowest BCUT2D eigenvalue weighted by atomic mass is 10.1. The third-order valence-corrected chi connectivity index (χ3v) is 5.56. The zero-order chi connectivity index (χ0) is 26.3. The highest BCUT2D eigenvalue weighted by Crippen LogP contribution is 2.33. The summed E-state index contributed by atoms with van der Waals surface area (Å²) < 4.78 is 55.3. The van der Waals surface area contributed by atoms with Gasteiger partial charge in [0.2, 0.25) is 0 Å². The lowest BCUT2D eigenvalue weighted by Crippen LogP contribution is -2.20. The van der Waals surface area contributed by atoms with Gasteiger partial charge in [0, 0.05) is 47.5 Å². The van der Waals surface area contributed by atoms with Crippen molar-refractivity contribution in [1.29, 1.82) is 0 Å². The number of benzene rings is 2. The van der Waals surface area contributed by atoms with E-state index in [-0.39, 0.29) is 5.69 Å². The number of nitrogens with two attached hydrogens (primary N) is 1. The van der Waals surface area contributed by atoms with Crippen molar-refractivity contribution in [3.05, 3.63) is 78.6 Å².